The van der Waals surface area contributed by atoms with Crippen molar-refractivity contribution in [2.45, 2.75) is 32.6 Å². The Hall–Kier alpha value is -1.91. The van der Waals surface area contributed by atoms with Crippen LogP contribution in [0.25, 0.3) is 0 Å². The molecule has 0 aliphatic carbocycles. The zero-order chi connectivity index (χ0) is 13.8. The summed E-state index contributed by atoms with van der Waals surface area (Å²) < 4.78 is 5.04. The summed E-state index contributed by atoms with van der Waals surface area (Å²) in [6, 6.07) is 6.14. The number of carbonyl (C=O) groups excluding carboxylic acids is 1. The number of carbonyl (C=O) groups is 1. The first-order chi connectivity index (χ1) is 8.45. The second-order valence-corrected chi connectivity index (χ2v) is 4.21. The summed E-state index contributed by atoms with van der Waals surface area (Å²) in [5, 5.41) is 10.8. The number of esters is 1. The lowest BCUT2D eigenvalue weighted by Gasteiger charge is -2.26. The maximum atomic E-state index is 12.0. The van der Waals surface area contributed by atoms with Gasteiger partial charge in [0, 0.05) is 12.1 Å². The largest absolute Gasteiger partial charge is 0.465 e. The minimum Gasteiger partial charge on any atom is -0.465 e. The van der Waals surface area contributed by atoms with Gasteiger partial charge in [0.2, 0.25) is 0 Å². The van der Waals surface area contributed by atoms with Gasteiger partial charge in [-0.15, -0.1) is 0 Å². The van der Waals surface area contributed by atoms with Gasteiger partial charge in [-0.1, -0.05) is 19.1 Å². The van der Waals surface area contributed by atoms with E-state index in [1.165, 1.54) is 12.1 Å². The number of rotatable bonds is 5. The normalized spacial score (nSPS) is 13.7. The molecule has 18 heavy (non-hydrogen) atoms. The first-order valence-corrected chi connectivity index (χ1v) is 5.87. The van der Waals surface area contributed by atoms with Crippen molar-refractivity contribution in [1.29, 1.82) is 0 Å². The van der Waals surface area contributed by atoms with Crippen molar-refractivity contribution >= 4 is 11.7 Å². The molecule has 1 aromatic carbocycles. The molecule has 1 aromatic rings. The molecule has 0 aromatic heterocycles. The number of non-ortho nitro benzene ring substituents is 1. The van der Waals surface area contributed by atoms with E-state index in [1.54, 1.807) is 26.0 Å². The lowest BCUT2D eigenvalue weighted by atomic mass is 9.80. The lowest BCUT2D eigenvalue weighted by molar-refractivity contribution is -0.384. The average molecular weight is 251 g/mol. The van der Waals surface area contributed by atoms with Crippen LogP contribution >= 0.6 is 0 Å². The van der Waals surface area contributed by atoms with E-state index in [2.05, 4.69) is 0 Å². The maximum absolute atomic E-state index is 12.0. The highest BCUT2D eigenvalue weighted by Gasteiger charge is 2.35. The molecular weight excluding hydrogens is 234 g/mol. The molecule has 0 bridgehead atoms. The van der Waals surface area contributed by atoms with Crippen molar-refractivity contribution in [3.05, 3.63) is 39.9 Å². The van der Waals surface area contributed by atoms with Gasteiger partial charge in [0.25, 0.3) is 5.69 Å². The molecule has 0 aliphatic rings. The smallest absolute Gasteiger partial charge is 0.316 e. The van der Waals surface area contributed by atoms with Crippen molar-refractivity contribution in [3.8, 4) is 0 Å². The van der Waals surface area contributed by atoms with E-state index in [1.807, 2.05) is 6.92 Å². The van der Waals surface area contributed by atoms with Crippen molar-refractivity contribution in [2.24, 2.45) is 0 Å². The Labute approximate surface area is 106 Å². The van der Waals surface area contributed by atoms with E-state index in [-0.39, 0.29) is 11.7 Å². The van der Waals surface area contributed by atoms with Gasteiger partial charge in [-0.05, 0) is 25.8 Å². The van der Waals surface area contributed by atoms with Crippen LogP contribution < -0.4 is 0 Å². The molecule has 0 heterocycles. The summed E-state index contributed by atoms with van der Waals surface area (Å²) in [6.07, 6.45) is 0.521. The van der Waals surface area contributed by atoms with Crippen LogP contribution in [0, 0.1) is 10.1 Å². The average Bonchev–Trinajstić information content (AvgIpc) is 2.38. The topological polar surface area (TPSA) is 69.4 Å². The second-order valence-electron chi connectivity index (χ2n) is 4.21. The molecule has 5 heteroatoms. The Morgan fingerprint density at radius 2 is 2.11 bits per heavy atom. The number of nitro benzene ring substituents is 1. The SMILES string of the molecule is CCOC(=O)C(C)(CC)c1cccc([N+](=O)[O-])c1. The Morgan fingerprint density at radius 1 is 1.44 bits per heavy atom. The molecule has 0 N–H and O–H groups in total. The number of hydrogen-bond acceptors (Lipinski definition) is 4. The molecule has 1 unspecified atom stereocenters. The zero-order valence-corrected chi connectivity index (χ0v) is 10.8. The number of benzene rings is 1. The fourth-order valence-corrected chi connectivity index (χ4v) is 1.72. The molecule has 0 radical (unpaired) electrons. The van der Waals surface area contributed by atoms with Gasteiger partial charge in [0.1, 0.15) is 0 Å². The van der Waals surface area contributed by atoms with Gasteiger partial charge in [-0.2, -0.15) is 0 Å². The molecule has 0 spiro atoms. The summed E-state index contributed by atoms with van der Waals surface area (Å²) in [5.41, 5.74) is -0.253. The number of ether oxygens (including phenoxy) is 1. The van der Waals surface area contributed by atoms with E-state index in [0.29, 0.717) is 18.6 Å². The van der Waals surface area contributed by atoms with E-state index < -0.39 is 10.3 Å². The van der Waals surface area contributed by atoms with E-state index in [4.69, 9.17) is 4.74 Å². The first kappa shape index (κ1) is 14.2. The van der Waals surface area contributed by atoms with Gasteiger partial charge < -0.3 is 4.74 Å². The highest BCUT2D eigenvalue weighted by Crippen LogP contribution is 2.31. The summed E-state index contributed by atoms with van der Waals surface area (Å²) >= 11 is 0. The highest BCUT2D eigenvalue weighted by atomic mass is 16.6. The van der Waals surface area contributed by atoms with Crippen LogP contribution in [0.1, 0.15) is 32.8 Å². The van der Waals surface area contributed by atoms with Gasteiger partial charge in [0.05, 0.1) is 16.9 Å². The Bertz CT molecular complexity index is 458. The molecular formula is C13H17NO4. The molecule has 0 aliphatic heterocycles. The van der Waals surface area contributed by atoms with E-state index in [0.717, 1.165) is 0 Å². The predicted octanol–water partition coefficient (Wildman–Crippen LogP) is 2.83. The summed E-state index contributed by atoms with van der Waals surface area (Å²) in [5.74, 6) is -0.354. The molecule has 0 saturated heterocycles. The van der Waals surface area contributed by atoms with Crippen molar-refractivity contribution < 1.29 is 14.5 Å². The zero-order valence-electron chi connectivity index (χ0n) is 10.8. The number of nitro groups is 1. The molecule has 1 rings (SSSR count). The molecule has 1 atom stereocenters. The Balaban J connectivity index is 3.19. The highest BCUT2D eigenvalue weighted by molar-refractivity contribution is 5.82. The maximum Gasteiger partial charge on any atom is 0.316 e. The van der Waals surface area contributed by atoms with E-state index in [9.17, 15) is 14.9 Å². The minimum absolute atomic E-state index is 0.0172. The van der Waals surface area contributed by atoms with Crippen LogP contribution in [0.5, 0.6) is 0 Å². The quantitative estimate of drug-likeness (QED) is 0.458. The van der Waals surface area contributed by atoms with Crippen LogP contribution in [-0.2, 0) is 14.9 Å². The molecule has 0 saturated carbocycles. The molecule has 98 valence electrons. The fourth-order valence-electron chi connectivity index (χ4n) is 1.72. The monoisotopic (exact) mass is 251 g/mol. The third kappa shape index (κ3) is 2.67. The van der Waals surface area contributed by atoms with Crippen LogP contribution in [0.15, 0.2) is 24.3 Å². The van der Waals surface area contributed by atoms with E-state index >= 15 is 0 Å². The van der Waals surface area contributed by atoms with Crippen LogP contribution in [0.2, 0.25) is 0 Å². The van der Waals surface area contributed by atoms with Crippen LogP contribution in [0.3, 0.4) is 0 Å². The number of nitrogens with zero attached hydrogens (tertiary/aromatic N) is 1. The van der Waals surface area contributed by atoms with Crippen molar-refractivity contribution in [3.63, 3.8) is 0 Å². The summed E-state index contributed by atoms with van der Waals surface area (Å²) in [6.45, 7) is 5.63. The second kappa shape index (κ2) is 5.62. The predicted molar refractivity (Wildman–Crippen MR) is 67.4 cm³/mol. The van der Waals surface area contributed by atoms with Crippen LogP contribution in [0.4, 0.5) is 5.69 Å². The molecule has 5 nitrogen and oxygen atoms in total. The third-order valence-electron chi connectivity index (χ3n) is 3.13. The van der Waals surface area contributed by atoms with Gasteiger partial charge in [-0.3, -0.25) is 14.9 Å². The molecule has 0 fully saturated rings. The van der Waals surface area contributed by atoms with Gasteiger partial charge >= 0.3 is 5.97 Å². The molecule has 0 amide bonds. The van der Waals surface area contributed by atoms with Gasteiger partial charge in [-0.25, -0.2) is 0 Å². The number of hydrogen-bond donors (Lipinski definition) is 0. The first-order valence-electron chi connectivity index (χ1n) is 5.87. The third-order valence-corrected chi connectivity index (χ3v) is 3.13. The van der Waals surface area contributed by atoms with Gasteiger partial charge in [0.15, 0.2) is 0 Å². The Morgan fingerprint density at radius 3 is 2.61 bits per heavy atom. The standard InChI is InChI=1S/C13H17NO4/c1-4-13(3,12(15)18-5-2)10-7-6-8-11(9-10)14(16)17/h6-9H,4-5H2,1-3H3. The summed E-state index contributed by atoms with van der Waals surface area (Å²) in [7, 11) is 0. The summed E-state index contributed by atoms with van der Waals surface area (Å²) in [4.78, 5) is 22.3. The van der Waals surface area contributed by atoms with Crippen molar-refractivity contribution in [2.75, 3.05) is 6.61 Å². The van der Waals surface area contributed by atoms with Crippen LogP contribution in [-0.4, -0.2) is 17.5 Å². The fraction of sp³-hybridized carbons (Fsp3) is 0.462. The Kier molecular flexibility index (Phi) is 4.42. The minimum atomic E-state index is -0.845. The lowest BCUT2D eigenvalue weighted by Crippen LogP contribution is -2.33. The van der Waals surface area contributed by atoms with Crippen molar-refractivity contribution in [1.82, 2.24) is 0 Å².